The van der Waals surface area contributed by atoms with E-state index >= 15 is 0 Å². The smallest absolute Gasteiger partial charge is 0.182 e. The molecule has 106 valence electrons. The highest BCUT2D eigenvalue weighted by molar-refractivity contribution is 6.31. The maximum absolute atomic E-state index is 6.10. The summed E-state index contributed by atoms with van der Waals surface area (Å²) in [4.78, 5) is 4.55. The fraction of sp³-hybridized carbons (Fsp3) is 0.188. The highest BCUT2D eigenvalue weighted by Crippen LogP contribution is 2.29. The number of aromatic nitrogens is 2. The van der Waals surface area contributed by atoms with Gasteiger partial charge in [0.15, 0.2) is 5.82 Å². The molecule has 0 aliphatic rings. The number of halogens is 1. The zero-order valence-electron chi connectivity index (χ0n) is 12.1. The van der Waals surface area contributed by atoms with Gasteiger partial charge in [0.2, 0.25) is 0 Å². The van der Waals surface area contributed by atoms with Crippen molar-refractivity contribution in [2.45, 2.75) is 20.8 Å². The van der Waals surface area contributed by atoms with E-state index in [1.54, 1.807) is 0 Å². The Labute approximate surface area is 128 Å². The van der Waals surface area contributed by atoms with Crippen LogP contribution in [0, 0.1) is 20.8 Å². The second-order valence-corrected chi connectivity index (χ2v) is 5.40. The molecule has 21 heavy (non-hydrogen) atoms. The number of pyridine rings is 1. The Morgan fingerprint density at radius 2 is 1.86 bits per heavy atom. The number of aryl methyl sites for hydroxylation is 2. The number of imidazole rings is 1. The lowest BCUT2D eigenvalue weighted by molar-refractivity contribution is 1.08. The van der Waals surface area contributed by atoms with Crippen molar-refractivity contribution in [3.05, 3.63) is 58.4 Å². The molecule has 0 N–H and O–H groups in total. The molecule has 0 saturated heterocycles. The van der Waals surface area contributed by atoms with Gasteiger partial charge in [-0.25, -0.2) is 4.98 Å². The van der Waals surface area contributed by atoms with Crippen LogP contribution in [0.1, 0.15) is 16.8 Å². The van der Waals surface area contributed by atoms with Crippen LogP contribution in [-0.4, -0.2) is 9.38 Å². The maximum Gasteiger partial charge on any atom is 0.182 e. The molecule has 0 unspecified atom stereocenters. The predicted molar refractivity (Wildman–Crippen MR) is 85.0 cm³/mol. The lowest BCUT2D eigenvalue weighted by Crippen LogP contribution is -1.85. The van der Waals surface area contributed by atoms with E-state index in [1.165, 1.54) is 0 Å². The minimum atomic E-state index is 0.692. The van der Waals surface area contributed by atoms with Gasteiger partial charge in [-0.1, -0.05) is 23.7 Å². The minimum absolute atomic E-state index is 0.692. The Kier molecular flexibility index (Phi) is 3.47. The second kappa shape index (κ2) is 5.30. The Morgan fingerprint density at radius 3 is 2.67 bits per heavy atom. The summed E-state index contributed by atoms with van der Waals surface area (Å²) in [5.74, 6) is 0.744. The molecule has 0 spiro atoms. The van der Waals surface area contributed by atoms with Gasteiger partial charge in [-0.05, 0) is 50.1 Å². The van der Waals surface area contributed by atoms with Gasteiger partial charge in [-0.15, -0.1) is 10.2 Å². The zero-order chi connectivity index (χ0) is 15.0. The van der Waals surface area contributed by atoms with Crippen LogP contribution in [0.25, 0.3) is 5.65 Å². The van der Waals surface area contributed by atoms with E-state index in [2.05, 4.69) is 15.2 Å². The average molecular weight is 299 g/mol. The highest BCUT2D eigenvalue weighted by Gasteiger charge is 2.09. The standard InChI is InChI=1S/C16H15ClN4/c1-10-6-5-9-21-15(10)18-12(3)16(21)20-19-14-8-4-7-13(17)11(14)2/h4-9H,1-3H3. The van der Waals surface area contributed by atoms with Crippen molar-refractivity contribution in [1.29, 1.82) is 0 Å². The van der Waals surface area contributed by atoms with Gasteiger partial charge < -0.3 is 0 Å². The SMILES string of the molecule is Cc1nc2c(C)cccn2c1N=Nc1cccc(Cl)c1C. The summed E-state index contributed by atoms with van der Waals surface area (Å²) in [5.41, 5.74) is 4.57. The molecule has 0 fully saturated rings. The van der Waals surface area contributed by atoms with Crippen LogP contribution >= 0.6 is 11.6 Å². The number of rotatable bonds is 2. The van der Waals surface area contributed by atoms with Gasteiger partial charge in [0.05, 0.1) is 11.4 Å². The largest absolute Gasteiger partial charge is 0.283 e. The summed E-state index contributed by atoms with van der Waals surface area (Å²) >= 11 is 6.10. The summed E-state index contributed by atoms with van der Waals surface area (Å²) in [6.07, 6.45) is 1.95. The van der Waals surface area contributed by atoms with Crippen LogP contribution in [0.4, 0.5) is 11.5 Å². The van der Waals surface area contributed by atoms with Crippen molar-refractivity contribution in [1.82, 2.24) is 9.38 Å². The summed E-state index contributed by atoms with van der Waals surface area (Å²) < 4.78 is 1.95. The van der Waals surface area contributed by atoms with Crippen molar-refractivity contribution >= 4 is 28.8 Å². The van der Waals surface area contributed by atoms with Gasteiger partial charge in [-0.3, -0.25) is 4.40 Å². The van der Waals surface area contributed by atoms with Crippen LogP contribution in [0.5, 0.6) is 0 Å². The third-order valence-corrected chi connectivity index (χ3v) is 3.89. The topological polar surface area (TPSA) is 42.0 Å². The van der Waals surface area contributed by atoms with Gasteiger partial charge >= 0.3 is 0 Å². The van der Waals surface area contributed by atoms with Crippen LogP contribution in [0.2, 0.25) is 5.02 Å². The molecule has 3 rings (SSSR count). The molecule has 0 aliphatic heterocycles. The van der Waals surface area contributed by atoms with Gasteiger partial charge in [0, 0.05) is 11.2 Å². The van der Waals surface area contributed by atoms with Crippen molar-refractivity contribution in [3.63, 3.8) is 0 Å². The molecule has 2 heterocycles. The molecular weight excluding hydrogens is 284 g/mol. The van der Waals surface area contributed by atoms with E-state index in [0.29, 0.717) is 5.02 Å². The normalized spacial score (nSPS) is 11.6. The minimum Gasteiger partial charge on any atom is -0.283 e. The van der Waals surface area contributed by atoms with Crippen molar-refractivity contribution < 1.29 is 0 Å². The molecule has 0 bridgehead atoms. The molecular formula is C16H15ClN4. The van der Waals surface area contributed by atoms with Crippen molar-refractivity contribution in [2.75, 3.05) is 0 Å². The number of hydrogen-bond acceptors (Lipinski definition) is 3. The summed E-state index contributed by atoms with van der Waals surface area (Å²) in [5, 5.41) is 9.40. The summed E-state index contributed by atoms with van der Waals surface area (Å²) in [6, 6.07) is 9.62. The maximum atomic E-state index is 6.10. The fourth-order valence-electron chi connectivity index (χ4n) is 2.23. The number of fused-ring (bicyclic) bond motifs is 1. The van der Waals surface area contributed by atoms with Crippen LogP contribution < -0.4 is 0 Å². The molecule has 0 aliphatic carbocycles. The van der Waals surface area contributed by atoms with E-state index in [-0.39, 0.29) is 0 Å². The molecule has 0 amide bonds. The molecule has 1 aromatic carbocycles. The predicted octanol–water partition coefficient (Wildman–Crippen LogP) is 5.33. The van der Waals surface area contributed by atoms with E-state index in [9.17, 15) is 0 Å². The first-order valence-electron chi connectivity index (χ1n) is 6.69. The quantitative estimate of drug-likeness (QED) is 0.590. The van der Waals surface area contributed by atoms with Crippen LogP contribution in [-0.2, 0) is 0 Å². The average Bonchev–Trinajstić information content (AvgIpc) is 2.78. The monoisotopic (exact) mass is 298 g/mol. The molecule has 5 heteroatoms. The molecule has 2 aromatic heterocycles. The van der Waals surface area contributed by atoms with Crippen LogP contribution in [0.15, 0.2) is 46.8 Å². The summed E-state index contributed by atoms with van der Waals surface area (Å²) in [6.45, 7) is 5.90. The summed E-state index contributed by atoms with van der Waals surface area (Å²) in [7, 11) is 0. The Bertz CT molecular complexity index is 849. The third kappa shape index (κ3) is 2.43. The van der Waals surface area contributed by atoms with Crippen molar-refractivity contribution in [2.24, 2.45) is 10.2 Å². The third-order valence-electron chi connectivity index (χ3n) is 3.48. The molecule has 4 nitrogen and oxygen atoms in total. The van der Waals surface area contributed by atoms with Gasteiger partial charge in [0.1, 0.15) is 5.65 Å². The molecule has 0 saturated carbocycles. The van der Waals surface area contributed by atoms with Crippen molar-refractivity contribution in [3.8, 4) is 0 Å². The first-order chi connectivity index (χ1) is 10.1. The van der Waals surface area contributed by atoms with Crippen LogP contribution in [0.3, 0.4) is 0 Å². The lowest BCUT2D eigenvalue weighted by atomic mass is 10.2. The fourth-order valence-corrected chi connectivity index (χ4v) is 2.40. The Hall–Kier alpha value is -2.20. The van der Waals surface area contributed by atoms with E-state index in [4.69, 9.17) is 11.6 Å². The Morgan fingerprint density at radius 1 is 1.05 bits per heavy atom. The number of nitrogens with zero attached hydrogens (tertiary/aromatic N) is 4. The first kappa shape index (κ1) is 13.8. The van der Waals surface area contributed by atoms with E-state index < -0.39 is 0 Å². The molecule has 3 aromatic rings. The molecule has 0 radical (unpaired) electrons. The highest BCUT2D eigenvalue weighted by atomic mass is 35.5. The number of hydrogen-bond donors (Lipinski definition) is 0. The number of benzene rings is 1. The zero-order valence-corrected chi connectivity index (χ0v) is 12.9. The van der Waals surface area contributed by atoms with Gasteiger partial charge in [-0.2, -0.15) is 0 Å². The van der Waals surface area contributed by atoms with E-state index in [1.807, 2.05) is 61.7 Å². The number of azo groups is 1. The molecule has 0 atom stereocenters. The Balaban J connectivity index is 2.10. The lowest BCUT2D eigenvalue weighted by Gasteiger charge is -2.01. The second-order valence-electron chi connectivity index (χ2n) is 4.99. The first-order valence-corrected chi connectivity index (χ1v) is 7.07. The van der Waals surface area contributed by atoms with E-state index in [0.717, 1.165) is 34.0 Å². The van der Waals surface area contributed by atoms with Gasteiger partial charge in [0.25, 0.3) is 0 Å².